The predicted octanol–water partition coefficient (Wildman–Crippen LogP) is 4.89. The van der Waals surface area contributed by atoms with Crippen molar-refractivity contribution in [2.45, 2.75) is 32.6 Å². The van der Waals surface area contributed by atoms with Gasteiger partial charge in [-0.2, -0.15) is 4.99 Å². The largest absolute Gasteiger partial charge is 0.497 e. The minimum Gasteiger partial charge on any atom is -0.497 e. The number of hydrogen-bond acceptors (Lipinski definition) is 5. The number of benzene rings is 2. The highest BCUT2D eigenvalue weighted by molar-refractivity contribution is 7.96. The van der Waals surface area contributed by atoms with Crippen LogP contribution < -0.4 is 10.1 Å². The molecule has 0 bridgehead atoms. The quantitative estimate of drug-likeness (QED) is 0.632. The highest BCUT2D eigenvalue weighted by Crippen LogP contribution is 2.33. The standard InChI is InChI=1S/C25H26N2O5S/c1-15(2)22-21(27-25(29)26-18-8-6-16(3)7-9-18)14-17(4)23(28)24(22)33(30,31)20-12-10-19(32-5)11-13-20/h6-15H,1-5H3,(H,26,29). The van der Waals surface area contributed by atoms with E-state index < -0.39 is 21.7 Å². The van der Waals surface area contributed by atoms with Gasteiger partial charge in [-0.05, 0) is 67.8 Å². The fourth-order valence-electron chi connectivity index (χ4n) is 3.45. The van der Waals surface area contributed by atoms with Gasteiger partial charge in [0, 0.05) is 11.3 Å². The van der Waals surface area contributed by atoms with Crippen molar-refractivity contribution in [1.82, 2.24) is 0 Å². The van der Waals surface area contributed by atoms with Crippen molar-refractivity contribution >= 4 is 33.1 Å². The van der Waals surface area contributed by atoms with Crippen LogP contribution in [0.5, 0.6) is 5.75 Å². The smallest absolute Gasteiger partial charge is 0.345 e. The number of carbonyl (C=O) groups excluding carboxylic acids is 2. The van der Waals surface area contributed by atoms with Gasteiger partial charge in [-0.1, -0.05) is 31.5 Å². The van der Waals surface area contributed by atoms with Gasteiger partial charge in [0.25, 0.3) is 0 Å². The molecule has 3 rings (SSSR count). The topological polar surface area (TPSA) is 102 Å². The molecular formula is C25H26N2O5S. The van der Waals surface area contributed by atoms with Crippen molar-refractivity contribution in [1.29, 1.82) is 0 Å². The zero-order valence-electron chi connectivity index (χ0n) is 19.2. The van der Waals surface area contributed by atoms with Crippen molar-refractivity contribution in [2.24, 2.45) is 10.9 Å². The number of hydrogen-bond donors (Lipinski definition) is 1. The molecule has 172 valence electrons. The number of allylic oxidation sites excluding steroid dienone is 4. The van der Waals surface area contributed by atoms with Gasteiger partial charge in [0.2, 0.25) is 15.6 Å². The number of carbonyl (C=O) groups is 2. The van der Waals surface area contributed by atoms with Crippen LogP contribution in [0.3, 0.4) is 0 Å². The summed E-state index contributed by atoms with van der Waals surface area (Å²) in [6, 6.07) is 12.4. The molecule has 0 heterocycles. The van der Waals surface area contributed by atoms with E-state index in [1.54, 1.807) is 26.0 Å². The Morgan fingerprint density at radius 1 is 1.00 bits per heavy atom. The molecule has 1 N–H and O–H groups in total. The molecule has 1 aliphatic carbocycles. The minimum absolute atomic E-state index is 0.0389. The molecule has 2 aromatic carbocycles. The first-order valence-electron chi connectivity index (χ1n) is 10.4. The van der Waals surface area contributed by atoms with Gasteiger partial charge >= 0.3 is 6.03 Å². The van der Waals surface area contributed by atoms with Crippen LogP contribution in [0.2, 0.25) is 0 Å². The third kappa shape index (κ3) is 5.12. The molecule has 0 fully saturated rings. The highest BCUT2D eigenvalue weighted by Gasteiger charge is 2.36. The second kappa shape index (κ2) is 9.54. The summed E-state index contributed by atoms with van der Waals surface area (Å²) >= 11 is 0. The number of sulfone groups is 1. The Labute approximate surface area is 193 Å². The van der Waals surface area contributed by atoms with Gasteiger partial charge in [-0.25, -0.2) is 13.2 Å². The fourth-order valence-corrected chi connectivity index (χ4v) is 5.22. The summed E-state index contributed by atoms with van der Waals surface area (Å²) in [7, 11) is -2.70. The van der Waals surface area contributed by atoms with Gasteiger partial charge < -0.3 is 10.1 Å². The first kappa shape index (κ1) is 24.1. The summed E-state index contributed by atoms with van der Waals surface area (Å²) in [4.78, 5) is 29.4. The van der Waals surface area contributed by atoms with E-state index in [4.69, 9.17) is 4.74 Å². The lowest BCUT2D eigenvalue weighted by Crippen LogP contribution is -2.27. The van der Waals surface area contributed by atoms with Crippen LogP contribution in [-0.2, 0) is 14.6 Å². The van der Waals surface area contributed by atoms with Crippen LogP contribution >= 0.6 is 0 Å². The molecule has 0 atom stereocenters. The lowest BCUT2D eigenvalue weighted by molar-refractivity contribution is -0.111. The van der Waals surface area contributed by atoms with E-state index in [0.29, 0.717) is 11.4 Å². The number of nitrogens with one attached hydrogen (secondary N) is 1. The highest BCUT2D eigenvalue weighted by atomic mass is 32.2. The summed E-state index contributed by atoms with van der Waals surface area (Å²) in [5.41, 5.74) is 2.15. The number of amides is 2. The molecule has 0 spiro atoms. The Hall–Kier alpha value is -3.52. The van der Waals surface area contributed by atoms with Gasteiger partial charge in [0.05, 0.1) is 17.7 Å². The van der Waals surface area contributed by atoms with Crippen molar-refractivity contribution < 1.29 is 22.7 Å². The van der Waals surface area contributed by atoms with Crippen molar-refractivity contribution in [3.05, 3.63) is 76.2 Å². The fraction of sp³-hybridized carbons (Fsp3) is 0.240. The molecule has 0 saturated carbocycles. The molecule has 2 amide bonds. The van der Waals surface area contributed by atoms with E-state index in [-0.39, 0.29) is 32.6 Å². The number of rotatable bonds is 5. The van der Waals surface area contributed by atoms with Crippen LogP contribution in [0.1, 0.15) is 26.3 Å². The van der Waals surface area contributed by atoms with Gasteiger partial charge in [-0.15, -0.1) is 0 Å². The van der Waals surface area contributed by atoms with E-state index in [2.05, 4.69) is 10.3 Å². The summed E-state index contributed by atoms with van der Waals surface area (Å²) in [6.07, 6.45) is 1.46. The first-order chi connectivity index (χ1) is 15.5. The van der Waals surface area contributed by atoms with E-state index in [0.717, 1.165) is 5.56 Å². The van der Waals surface area contributed by atoms with E-state index in [1.807, 2.05) is 19.1 Å². The molecule has 33 heavy (non-hydrogen) atoms. The van der Waals surface area contributed by atoms with E-state index in [9.17, 15) is 18.0 Å². The molecule has 0 radical (unpaired) electrons. The number of anilines is 1. The average molecular weight is 467 g/mol. The zero-order valence-corrected chi connectivity index (χ0v) is 20.0. The molecular weight excluding hydrogens is 440 g/mol. The molecule has 0 aliphatic heterocycles. The van der Waals surface area contributed by atoms with Crippen LogP contribution in [0.25, 0.3) is 0 Å². The van der Waals surface area contributed by atoms with Gasteiger partial charge in [-0.3, -0.25) is 4.79 Å². The third-order valence-corrected chi connectivity index (χ3v) is 7.01. The predicted molar refractivity (Wildman–Crippen MR) is 128 cm³/mol. The molecule has 0 saturated heterocycles. The number of ether oxygens (including phenoxy) is 1. The van der Waals surface area contributed by atoms with E-state index in [1.165, 1.54) is 44.4 Å². The van der Waals surface area contributed by atoms with Gasteiger partial charge in [0.15, 0.2) is 0 Å². The second-order valence-electron chi connectivity index (χ2n) is 8.03. The Kier molecular flexibility index (Phi) is 6.98. The lowest BCUT2D eigenvalue weighted by Gasteiger charge is -2.22. The molecule has 0 aromatic heterocycles. The van der Waals surface area contributed by atoms with Crippen molar-refractivity contribution in [3.8, 4) is 5.75 Å². The number of nitrogens with zero attached hydrogens (tertiary/aromatic N) is 1. The SMILES string of the molecule is COc1ccc(S(=O)(=O)C2=C(C(C)C)C(=NC(=O)Nc3ccc(C)cc3)C=C(C)C2=O)cc1. The minimum atomic E-state index is -4.17. The number of aryl methyl sites for hydroxylation is 1. The molecule has 0 unspecified atom stereocenters. The van der Waals surface area contributed by atoms with Crippen molar-refractivity contribution in [3.63, 3.8) is 0 Å². The molecule has 1 aliphatic rings. The Bertz CT molecular complexity index is 1280. The molecule has 2 aromatic rings. The first-order valence-corrected chi connectivity index (χ1v) is 11.9. The number of urea groups is 1. The Morgan fingerprint density at radius 2 is 1.61 bits per heavy atom. The lowest BCUT2D eigenvalue weighted by atomic mass is 9.89. The number of ketones is 1. The maximum Gasteiger partial charge on any atom is 0.345 e. The van der Waals surface area contributed by atoms with E-state index >= 15 is 0 Å². The Balaban J connectivity index is 2.10. The summed E-state index contributed by atoms with van der Waals surface area (Å²) in [5.74, 6) is -0.493. The van der Waals surface area contributed by atoms with Crippen LogP contribution in [0.15, 0.2) is 80.5 Å². The number of Topliss-reactive ketones (excluding diaryl/α,β-unsaturated/α-hetero) is 1. The second-order valence-corrected chi connectivity index (χ2v) is 9.91. The average Bonchev–Trinajstić information content (AvgIpc) is 2.77. The summed E-state index contributed by atoms with van der Waals surface area (Å²) < 4.78 is 32.1. The van der Waals surface area contributed by atoms with Crippen LogP contribution in [0, 0.1) is 12.8 Å². The summed E-state index contributed by atoms with van der Waals surface area (Å²) in [5, 5.41) is 2.67. The van der Waals surface area contributed by atoms with Crippen LogP contribution in [0.4, 0.5) is 10.5 Å². The Morgan fingerprint density at radius 3 is 2.15 bits per heavy atom. The summed E-state index contributed by atoms with van der Waals surface area (Å²) in [6.45, 7) is 6.96. The molecule has 8 heteroatoms. The number of methoxy groups -OCH3 is 1. The van der Waals surface area contributed by atoms with Gasteiger partial charge in [0.1, 0.15) is 10.7 Å². The number of aliphatic imine (C=N–C) groups is 1. The van der Waals surface area contributed by atoms with Crippen molar-refractivity contribution in [2.75, 3.05) is 12.4 Å². The van der Waals surface area contributed by atoms with Crippen LogP contribution in [-0.4, -0.2) is 33.1 Å². The zero-order chi connectivity index (χ0) is 24.3. The third-order valence-electron chi connectivity index (χ3n) is 5.18. The maximum absolute atomic E-state index is 13.5. The normalized spacial score (nSPS) is 15.6. The maximum atomic E-state index is 13.5. The molecule has 7 nitrogen and oxygen atoms in total. The monoisotopic (exact) mass is 466 g/mol.